The lowest BCUT2D eigenvalue weighted by Gasteiger charge is -2.32. The Balaban J connectivity index is 1.40. The molecule has 0 atom stereocenters. The Bertz CT molecular complexity index is 770. The maximum Gasteiger partial charge on any atom is 0.261 e. The standard InChI is InChI=1S/C21H26N2O4S/c1-2-26-17-6-3-4-7-18(17)27-16-10-13-23(14-11-16)20(24)9-12-22-21(25)19-8-5-15-28-19/h3-8,15-16H,2,9-14H2,1H3,(H,22,25). The molecular formula is C21H26N2O4S. The molecule has 1 aliphatic heterocycles. The molecule has 0 bridgehead atoms. The molecule has 1 saturated heterocycles. The third kappa shape index (κ3) is 5.48. The summed E-state index contributed by atoms with van der Waals surface area (Å²) in [6.07, 6.45) is 1.96. The fourth-order valence-corrected chi connectivity index (χ4v) is 3.80. The summed E-state index contributed by atoms with van der Waals surface area (Å²) in [5, 5.41) is 4.66. The van der Waals surface area contributed by atoms with Gasteiger partial charge < -0.3 is 19.7 Å². The van der Waals surface area contributed by atoms with Gasteiger partial charge in [-0.05, 0) is 30.5 Å². The maximum atomic E-state index is 12.4. The minimum atomic E-state index is -0.122. The van der Waals surface area contributed by atoms with Gasteiger partial charge in [0.1, 0.15) is 6.10 Å². The van der Waals surface area contributed by atoms with Gasteiger partial charge in [-0.1, -0.05) is 18.2 Å². The topological polar surface area (TPSA) is 67.9 Å². The van der Waals surface area contributed by atoms with Crippen LogP contribution in [-0.4, -0.2) is 49.1 Å². The van der Waals surface area contributed by atoms with E-state index >= 15 is 0 Å². The van der Waals surface area contributed by atoms with Crippen LogP contribution in [0.3, 0.4) is 0 Å². The second kappa shape index (κ2) is 10.1. The van der Waals surface area contributed by atoms with E-state index in [4.69, 9.17) is 9.47 Å². The first kappa shape index (κ1) is 20.2. The van der Waals surface area contributed by atoms with Gasteiger partial charge in [0, 0.05) is 38.9 Å². The quantitative estimate of drug-likeness (QED) is 0.735. The minimum absolute atomic E-state index is 0.0691. The fourth-order valence-electron chi connectivity index (χ4n) is 3.16. The van der Waals surface area contributed by atoms with Gasteiger partial charge in [0.2, 0.25) is 5.91 Å². The van der Waals surface area contributed by atoms with E-state index in [1.165, 1.54) is 11.3 Å². The van der Waals surface area contributed by atoms with Gasteiger partial charge in [-0.2, -0.15) is 0 Å². The Kier molecular flexibility index (Phi) is 7.31. The van der Waals surface area contributed by atoms with Crippen LogP contribution in [0.4, 0.5) is 0 Å². The number of amides is 2. The Labute approximate surface area is 169 Å². The van der Waals surface area contributed by atoms with E-state index in [1.54, 1.807) is 6.07 Å². The fraction of sp³-hybridized carbons (Fsp3) is 0.429. The molecule has 1 aromatic carbocycles. The van der Waals surface area contributed by atoms with Crippen LogP contribution in [0.2, 0.25) is 0 Å². The number of carbonyl (C=O) groups excluding carboxylic acids is 2. The van der Waals surface area contributed by atoms with Gasteiger partial charge in [-0.3, -0.25) is 9.59 Å². The lowest BCUT2D eigenvalue weighted by molar-refractivity contribution is -0.132. The van der Waals surface area contributed by atoms with E-state index in [9.17, 15) is 9.59 Å². The molecule has 28 heavy (non-hydrogen) atoms. The molecule has 0 aliphatic carbocycles. The lowest BCUT2D eigenvalue weighted by Crippen LogP contribution is -2.42. The average molecular weight is 403 g/mol. The van der Waals surface area contributed by atoms with Crippen molar-refractivity contribution in [3.05, 3.63) is 46.7 Å². The van der Waals surface area contributed by atoms with Crippen LogP contribution in [0.15, 0.2) is 41.8 Å². The average Bonchev–Trinajstić information content (AvgIpc) is 3.25. The van der Waals surface area contributed by atoms with Gasteiger partial charge in [0.05, 0.1) is 11.5 Å². The number of para-hydroxylation sites is 2. The first-order valence-corrected chi connectivity index (χ1v) is 10.5. The van der Waals surface area contributed by atoms with E-state index in [2.05, 4.69) is 5.32 Å². The molecule has 2 heterocycles. The first-order chi connectivity index (χ1) is 13.7. The zero-order valence-corrected chi connectivity index (χ0v) is 16.9. The molecule has 7 heteroatoms. The third-order valence-electron chi connectivity index (χ3n) is 4.61. The highest BCUT2D eigenvalue weighted by Crippen LogP contribution is 2.29. The van der Waals surface area contributed by atoms with Crippen molar-refractivity contribution in [2.75, 3.05) is 26.2 Å². The summed E-state index contributed by atoms with van der Waals surface area (Å²) in [7, 11) is 0. The number of benzene rings is 1. The summed E-state index contributed by atoms with van der Waals surface area (Å²) < 4.78 is 11.7. The molecule has 0 saturated carbocycles. The van der Waals surface area contributed by atoms with E-state index in [-0.39, 0.29) is 17.9 Å². The SMILES string of the molecule is CCOc1ccccc1OC1CCN(C(=O)CCNC(=O)c2cccs2)CC1. The Hall–Kier alpha value is -2.54. The van der Waals surface area contributed by atoms with Gasteiger partial charge in [-0.15, -0.1) is 11.3 Å². The number of rotatable bonds is 8. The van der Waals surface area contributed by atoms with Gasteiger partial charge in [0.15, 0.2) is 11.5 Å². The van der Waals surface area contributed by atoms with Crippen LogP contribution >= 0.6 is 11.3 Å². The molecule has 0 spiro atoms. The predicted octanol–water partition coefficient (Wildman–Crippen LogP) is 3.34. The van der Waals surface area contributed by atoms with Crippen molar-refractivity contribution < 1.29 is 19.1 Å². The summed E-state index contributed by atoms with van der Waals surface area (Å²) >= 11 is 1.39. The Morgan fingerprint density at radius 3 is 2.57 bits per heavy atom. The van der Waals surface area contributed by atoms with E-state index in [1.807, 2.05) is 47.5 Å². The number of hydrogen-bond donors (Lipinski definition) is 1. The molecule has 0 unspecified atom stereocenters. The van der Waals surface area contributed by atoms with Crippen molar-refractivity contribution in [1.29, 1.82) is 0 Å². The molecule has 1 aromatic heterocycles. The number of nitrogens with zero attached hydrogens (tertiary/aromatic N) is 1. The second-order valence-corrected chi connectivity index (χ2v) is 7.51. The van der Waals surface area contributed by atoms with E-state index < -0.39 is 0 Å². The van der Waals surface area contributed by atoms with Crippen LogP contribution in [0, 0.1) is 0 Å². The highest BCUT2D eigenvalue weighted by Gasteiger charge is 2.24. The number of piperidine rings is 1. The van der Waals surface area contributed by atoms with Crippen LogP contribution in [0.1, 0.15) is 35.9 Å². The summed E-state index contributed by atoms with van der Waals surface area (Å²) in [4.78, 5) is 26.8. The van der Waals surface area contributed by atoms with Crippen LogP contribution in [0.25, 0.3) is 0 Å². The zero-order chi connectivity index (χ0) is 19.8. The maximum absolute atomic E-state index is 12.4. The van der Waals surface area contributed by atoms with E-state index in [0.717, 1.165) is 24.3 Å². The van der Waals surface area contributed by atoms with Crippen molar-refractivity contribution in [2.24, 2.45) is 0 Å². The molecule has 1 aliphatic rings. The summed E-state index contributed by atoms with van der Waals surface area (Å²) in [6, 6.07) is 11.3. The van der Waals surface area contributed by atoms with Gasteiger partial charge in [0.25, 0.3) is 5.91 Å². The molecule has 1 N–H and O–H groups in total. The molecular weight excluding hydrogens is 376 g/mol. The molecule has 0 radical (unpaired) electrons. The van der Waals surface area contributed by atoms with Crippen molar-refractivity contribution in [3.8, 4) is 11.5 Å². The number of ether oxygens (including phenoxy) is 2. The number of hydrogen-bond acceptors (Lipinski definition) is 5. The van der Waals surface area contributed by atoms with Crippen molar-refractivity contribution in [2.45, 2.75) is 32.3 Å². The highest BCUT2D eigenvalue weighted by molar-refractivity contribution is 7.12. The summed E-state index contributed by atoms with van der Waals surface area (Å²) in [5.74, 6) is 1.46. The van der Waals surface area contributed by atoms with Crippen molar-refractivity contribution in [3.63, 3.8) is 0 Å². The molecule has 2 amide bonds. The second-order valence-electron chi connectivity index (χ2n) is 6.56. The lowest BCUT2D eigenvalue weighted by atomic mass is 10.1. The van der Waals surface area contributed by atoms with Gasteiger partial charge >= 0.3 is 0 Å². The third-order valence-corrected chi connectivity index (χ3v) is 5.48. The molecule has 150 valence electrons. The predicted molar refractivity (Wildman–Crippen MR) is 109 cm³/mol. The smallest absolute Gasteiger partial charge is 0.261 e. The van der Waals surface area contributed by atoms with Crippen molar-refractivity contribution in [1.82, 2.24) is 10.2 Å². The zero-order valence-electron chi connectivity index (χ0n) is 16.1. The largest absolute Gasteiger partial charge is 0.490 e. The van der Waals surface area contributed by atoms with Crippen LogP contribution in [0.5, 0.6) is 11.5 Å². The number of likely N-dealkylation sites (tertiary alicyclic amines) is 1. The molecule has 2 aromatic rings. The van der Waals surface area contributed by atoms with E-state index in [0.29, 0.717) is 37.5 Å². The monoisotopic (exact) mass is 402 g/mol. The minimum Gasteiger partial charge on any atom is -0.490 e. The van der Waals surface area contributed by atoms with Crippen molar-refractivity contribution >= 4 is 23.2 Å². The van der Waals surface area contributed by atoms with Gasteiger partial charge in [-0.25, -0.2) is 0 Å². The van der Waals surface area contributed by atoms with Crippen LogP contribution in [-0.2, 0) is 4.79 Å². The highest BCUT2D eigenvalue weighted by atomic mass is 32.1. The first-order valence-electron chi connectivity index (χ1n) is 9.65. The normalized spacial score (nSPS) is 14.5. The number of thiophene rings is 1. The molecule has 3 rings (SSSR count). The molecule has 6 nitrogen and oxygen atoms in total. The summed E-state index contributed by atoms with van der Waals surface area (Å²) in [5.41, 5.74) is 0. The van der Waals surface area contributed by atoms with Crippen LogP contribution < -0.4 is 14.8 Å². The number of carbonyl (C=O) groups is 2. The summed E-state index contributed by atoms with van der Waals surface area (Å²) in [6.45, 7) is 4.23. The Morgan fingerprint density at radius 2 is 1.89 bits per heavy atom. The Morgan fingerprint density at radius 1 is 1.14 bits per heavy atom. The molecule has 1 fully saturated rings. The number of nitrogens with one attached hydrogen (secondary N) is 1.